The Morgan fingerprint density at radius 2 is 1.74 bits per heavy atom. The van der Waals surface area contributed by atoms with E-state index >= 15 is 0 Å². The standard InChI is InChI=1S/C25H24N2O4/c1-15(2)17-7-12-23-21(13-17)27-25(31-23)18-8-11-22(30-4)20(14-18)26-24(28)16-5-9-19(29-3)10-6-16/h5-15H,1-4H3,(H,26,28). The highest BCUT2D eigenvalue weighted by Gasteiger charge is 2.15. The highest BCUT2D eigenvalue weighted by molar-refractivity contribution is 6.05. The van der Waals surface area contributed by atoms with E-state index in [2.05, 4.69) is 30.2 Å². The zero-order valence-electron chi connectivity index (χ0n) is 17.9. The lowest BCUT2D eigenvalue weighted by molar-refractivity contribution is 0.102. The van der Waals surface area contributed by atoms with Crippen molar-refractivity contribution in [3.63, 3.8) is 0 Å². The first kappa shape index (κ1) is 20.5. The van der Waals surface area contributed by atoms with Gasteiger partial charge in [-0.25, -0.2) is 4.98 Å². The Hall–Kier alpha value is -3.80. The predicted octanol–water partition coefficient (Wildman–Crippen LogP) is 5.89. The molecule has 6 nitrogen and oxygen atoms in total. The number of benzene rings is 3. The molecule has 1 heterocycles. The number of anilines is 1. The summed E-state index contributed by atoms with van der Waals surface area (Å²) in [5.74, 6) is 1.87. The van der Waals surface area contributed by atoms with Crippen LogP contribution in [0.3, 0.4) is 0 Å². The number of carbonyl (C=O) groups excluding carboxylic acids is 1. The second-order valence-electron chi connectivity index (χ2n) is 7.50. The number of methoxy groups -OCH3 is 2. The van der Waals surface area contributed by atoms with Crippen LogP contribution in [0.5, 0.6) is 11.5 Å². The summed E-state index contributed by atoms with van der Waals surface area (Å²) in [6.45, 7) is 4.28. The fraction of sp³-hybridized carbons (Fsp3) is 0.200. The SMILES string of the molecule is COc1ccc(C(=O)Nc2cc(-c3nc4cc(C(C)C)ccc4o3)ccc2OC)cc1. The molecule has 0 unspecified atom stereocenters. The molecule has 1 N–H and O–H groups in total. The monoisotopic (exact) mass is 416 g/mol. The molecule has 0 aliphatic rings. The number of carbonyl (C=O) groups is 1. The highest BCUT2D eigenvalue weighted by atomic mass is 16.5. The maximum absolute atomic E-state index is 12.7. The molecule has 0 fully saturated rings. The summed E-state index contributed by atoms with van der Waals surface area (Å²) in [6, 6.07) is 18.4. The number of ether oxygens (including phenoxy) is 2. The summed E-state index contributed by atoms with van der Waals surface area (Å²) in [5.41, 5.74) is 4.52. The van der Waals surface area contributed by atoms with Crippen LogP contribution >= 0.6 is 0 Å². The van der Waals surface area contributed by atoms with Crippen LogP contribution in [0.1, 0.15) is 35.7 Å². The van der Waals surface area contributed by atoms with Crippen LogP contribution in [0.2, 0.25) is 0 Å². The van der Waals surface area contributed by atoms with E-state index in [9.17, 15) is 4.79 Å². The summed E-state index contributed by atoms with van der Waals surface area (Å²) < 4.78 is 16.5. The Morgan fingerprint density at radius 3 is 2.42 bits per heavy atom. The Bertz CT molecular complexity index is 1230. The molecule has 0 spiro atoms. The summed E-state index contributed by atoms with van der Waals surface area (Å²) in [6.07, 6.45) is 0. The normalized spacial score (nSPS) is 11.0. The number of oxazole rings is 1. The number of rotatable bonds is 6. The molecular weight excluding hydrogens is 392 g/mol. The Labute approximate surface area is 180 Å². The fourth-order valence-electron chi connectivity index (χ4n) is 3.30. The van der Waals surface area contributed by atoms with Gasteiger partial charge in [0.2, 0.25) is 5.89 Å². The first-order valence-corrected chi connectivity index (χ1v) is 10.0. The van der Waals surface area contributed by atoms with Crippen molar-refractivity contribution in [2.24, 2.45) is 0 Å². The lowest BCUT2D eigenvalue weighted by Gasteiger charge is -2.11. The van der Waals surface area contributed by atoms with Crippen LogP contribution in [0.25, 0.3) is 22.6 Å². The third-order valence-electron chi connectivity index (χ3n) is 5.13. The van der Waals surface area contributed by atoms with Gasteiger partial charge in [-0.3, -0.25) is 4.79 Å². The van der Waals surface area contributed by atoms with E-state index in [-0.39, 0.29) is 5.91 Å². The van der Waals surface area contributed by atoms with Crippen molar-refractivity contribution in [3.8, 4) is 23.0 Å². The van der Waals surface area contributed by atoms with Gasteiger partial charge in [-0.05, 0) is 66.1 Å². The van der Waals surface area contributed by atoms with Crippen LogP contribution in [-0.2, 0) is 0 Å². The topological polar surface area (TPSA) is 73.6 Å². The third-order valence-corrected chi connectivity index (χ3v) is 5.13. The third kappa shape index (κ3) is 4.23. The van der Waals surface area contributed by atoms with Gasteiger partial charge in [-0.2, -0.15) is 0 Å². The minimum Gasteiger partial charge on any atom is -0.497 e. The average Bonchev–Trinajstić information content (AvgIpc) is 3.22. The van der Waals surface area contributed by atoms with E-state index in [0.29, 0.717) is 34.6 Å². The molecule has 0 saturated heterocycles. The van der Waals surface area contributed by atoms with E-state index in [0.717, 1.165) is 16.7 Å². The minimum absolute atomic E-state index is 0.253. The van der Waals surface area contributed by atoms with E-state index in [1.54, 1.807) is 50.6 Å². The first-order valence-electron chi connectivity index (χ1n) is 10.0. The molecule has 6 heteroatoms. The van der Waals surface area contributed by atoms with Crippen molar-refractivity contribution in [1.29, 1.82) is 0 Å². The quantitative estimate of drug-likeness (QED) is 0.424. The highest BCUT2D eigenvalue weighted by Crippen LogP contribution is 2.33. The Kier molecular flexibility index (Phi) is 5.62. The maximum atomic E-state index is 12.7. The van der Waals surface area contributed by atoms with Crippen LogP contribution in [0.4, 0.5) is 5.69 Å². The number of hydrogen-bond acceptors (Lipinski definition) is 5. The van der Waals surface area contributed by atoms with Crippen molar-refractivity contribution in [2.45, 2.75) is 19.8 Å². The van der Waals surface area contributed by atoms with E-state index in [4.69, 9.17) is 13.9 Å². The molecular formula is C25H24N2O4. The van der Waals surface area contributed by atoms with Crippen molar-refractivity contribution >= 4 is 22.7 Å². The molecule has 0 saturated carbocycles. The van der Waals surface area contributed by atoms with Gasteiger partial charge in [0.05, 0.1) is 19.9 Å². The van der Waals surface area contributed by atoms with Crippen molar-refractivity contribution < 1.29 is 18.7 Å². The van der Waals surface area contributed by atoms with Gasteiger partial charge in [0.15, 0.2) is 5.58 Å². The Balaban J connectivity index is 1.65. The minimum atomic E-state index is -0.253. The average molecular weight is 416 g/mol. The van der Waals surface area contributed by atoms with Gasteiger partial charge in [0.25, 0.3) is 5.91 Å². The smallest absolute Gasteiger partial charge is 0.255 e. The molecule has 0 atom stereocenters. The molecule has 4 rings (SSSR count). The van der Waals surface area contributed by atoms with Crippen molar-refractivity contribution in [3.05, 3.63) is 71.8 Å². The van der Waals surface area contributed by atoms with Crippen LogP contribution < -0.4 is 14.8 Å². The summed E-state index contributed by atoms with van der Waals surface area (Å²) >= 11 is 0. The van der Waals surface area contributed by atoms with Crippen LogP contribution in [-0.4, -0.2) is 25.1 Å². The van der Waals surface area contributed by atoms with E-state index in [1.165, 1.54) is 5.56 Å². The molecule has 0 aliphatic carbocycles. The molecule has 1 aromatic heterocycles. The molecule has 0 radical (unpaired) electrons. The number of aromatic nitrogens is 1. The molecule has 0 bridgehead atoms. The zero-order chi connectivity index (χ0) is 22.0. The number of nitrogens with zero attached hydrogens (tertiary/aromatic N) is 1. The molecule has 0 aliphatic heterocycles. The molecule has 4 aromatic rings. The van der Waals surface area contributed by atoms with Crippen LogP contribution in [0, 0.1) is 0 Å². The van der Waals surface area contributed by atoms with Crippen molar-refractivity contribution in [1.82, 2.24) is 4.98 Å². The lowest BCUT2D eigenvalue weighted by atomic mass is 10.0. The van der Waals surface area contributed by atoms with Crippen LogP contribution in [0.15, 0.2) is 65.1 Å². The molecule has 1 amide bonds. The van der Waals surface area contributed by atoms with Crippen molar-refractivity contribution in [2.75, 3.05) is 19.5 Å². The zero-order valence-corrected chi connectivity index (χ0v) is 17.9. The lowest BCUT2D eigenvalue weighted by Crippen LogP contribution is -2.12. The number of amides is 1. The van der Waals surface area contributed by atoms with E-state index in [1.807, 2.05) is 18.2 Å². The van der Waals surface area contributed by atoms with E-state index < -0.39 is 0 Å². The van der Waals surface area contributed by atoms with Gasteiger partial charge >= 0.3 is 0 Å². The fourth-order valence-corrected chi connectivity index (χ4v) is 3.30. The summed E-state index contributed by atoms with van der Waals surface area (Å²) in [5, 5.41) is 2.91. The van der Waals surface area contributed by atoms with Gasteiger partial charge in [-0.15, -0.1) is 0 Å². The summed E-state index contributed by atoms with van der Waals surface area (Å²) in [4.78, 5) is 17.4. The number of fused-ring (bicyclic) bond motifs is 1. The largest absolute Gasteiger partial charge is 0.497 e. The summed E-state index contributed by atoms with van der Waals surface area (Å²) in [7, 11) is 3.14. The van der Waals surface area contributed by atoms with Gasteiger partial charge in [0, 0.05) is 11.1 Å². The van der Waals surface area contributed by atoms with Gasteiger partial charge < -0.3 is 19.2 Å². The molecule has 31 heavy (non-hydrogen) atoms. The molecule has 158 valence electrons. The molecule has 3 aromatic carbocycles. The predicted molar refractivity (Wildman–Crippen MR) is 121 cm³/mol. The first-order chi connectivity index (χ1) is 15.0. The Morgan fingerprint density at radius 1 is 0.968 bits per heavy atom. The number of nitrogens with one attached hydrogen (secondary N) is 1. The van der Waals surface area contributed by atoms with Gasteiger partial charge in [0.1, 0.15) is 17.0 Å². The van der Waals surface area contributed by atoms with Gasteiger partial charge in [-0.1, -0.05) is 19.9 Å². The number of hydrogen-bond donors (Lipinski definition) is 1. The maximum Gasteiger partial charge on any atom is 0.255 e. The second-order valence-corrected chi connectivity index (χ2v) is 7.50. The second kappa shape index (κ2) is 8.52.